The van der Waals surface area contributed by atoms with E-state index in [4.69, 9.17) is 17.0 Å². The lowest BCUT2D eigenvalue weighted by molar-refractivity contribution is -0.113. The van der Waals surface area contributed by atoms with E-state index in [1.54, 1.807) is 12.3 Å². The van der Waals surface area contributed by atoms with E-state index in [2.05, 4.69) is 10.4 Å². The summed E-state index contributed by atoms with van der Waals surface area (Å²) in [7, 11) is 0. The topological polar surface area (TPSA) is 59.4 Å². The highest BCUT2D eigenvalue weighted by atomic mass is 32.1. The largest absolute Gasteiger partial charge is 0.492 e. The summed E-state index contributed by atoms with van der Waals surface area (Å²) < 4.78 is 7.50. The lowest BCUT2D eigenvalue weighted by Gasteiger charge is -2.17. The number of rotatable bonds is 5. The first-order chi connectivity index (χ1) is 12.1. The van der Waals surface area contributed by atoms with E-state index in [1.165, 1.54) is 4.90 Å². The van der Waals surface area contributed by atoms with Crippen LogP contribution in [0.3, 0.4) is 0 Å². The predicted octanol–water partition coefficient (Wildman–Crippen LogP) is 2.87. The molecule has 1 fully saturated rings. The SMILES string of the molecule is CCOc1ccccc1N1C(=O)/C(=C\c2cnn(CC)c2C)NC1=S. The molecule has 6 nitrogen and oxygen atoms in total. The summed E-state index contributed by atoms with van der Waals surface area (Å²) in [5.41, 5.74) is 2.95. The highest BCUT2D eigenvalue weighted by Crippen LogP contribution is 2.31. The van der Waals surface area contributed by atoms with Crippen LogP contribution >= 0.6 is 12.2 Å². The van der Waals surface area contributed by atoms with Crippen molar-refractivity contribution in [1.82, 2.24) is 15.1 Å². The second kappa shape index (κ2) is 7.06. The van der Waals surface area contributed by atoms with Gasteiger partial charge in [-0.1, -0.05) is 12.1 Å². The number of ether oxygens (including phenoxy) is 1. The molecule has 0 spiro atoms. The number of nitrogens with zero attached hydrogens (tertiary/aromatic N) is 3. The normalized spacial score (nSPS) is 15.8. The zero-order chi connectivity index (χ0) is 18.0. The Hall–Kier alpha value is -2.67. The van der Waals surface area contributed by atoms with Crippen LogP contribution in [0.5, 0.6) is 5.75 Å². The summed E-state index contributed by atoms with van der Waals surface area (Å²) >= 11 is 5.37. The van der Waals surface area contributed by atoms with Crippen LogP contribution in [0, 0.1) is 6.92 Å². The van der Waals surface area contributed by atoms with Crippen molar-refractivity contribution in [2.75, 3.05) is 11.5 Å². The first-order valence-corrected chi connectivity index (χ1v) is 8.59. The fraction of sp³-hybridized carbons (Fsp3) is 0.278. The molecule has 1 saturated heterocycles. The van der Waals surface area contributed by atoms with E-state index in [1.807, 2.05) is 49.7 Å². The fourth-order valence-electron chi connectivity index (χ4n) is 2.75. The van der Waals surface area contributed by atoms with Crippen molar-refractivity contribution in [3.05, 3.63) is 47.4 Å². The third-order valence-corrected chi connectivity index (χ3v) is 4.31. The van der Waals surface area contributed by atoms with Gasteiger partial charge >= 0.3 is 0 Å². The molecular formula is C18H20N4O2S. The van der Waals surface area contributed by atoms with Gasteiger partial charge in [-0.15, -0.1) is 0 Å². The predicted molar refractivity (Wildman–Crippen MR) is 101 cm³/mol. The molecule has 25 heavy (non-hydrogen) atoms. The van der Waals surface area contributed by atoms with Crippen molar-refractivity contribution in [2.24, 2.45) is 0 Å². The van der Waals surface area contributed by atoms with Gasteiger partial charge in [0.25, 0.3) is 5.91 Å². The quantitative estimate of drug-likeness (QED) is 0.659. The van der Waals surface area contributed by atoms with Crippen molar-refractivity contribution in [1.29, 1.82) is 0 Å². The minimum absolute atomic E-state index is 0.208. The van der Waals surface area contributed by atoms with E-state index in [0.29, 0.717) is 28.9 Å². The van der Waals surface area contributed by atoms with Gasteiger partial charge < -0.3 is 10.1 Å². The molecule has 3 rings (SSSR count). The number of aromatic nitrogens is 2. The molecule has 2 aromatic rings. The van der Waals surface area contributed by atoms with Crippen LogP contribution in [0.2, 0.25) is 0 Å². The zero-order valence-electron chi connectivity index (χ0n) is 14.4. The first kappa shape index (κ1) is 17.2. The minimum atomic E-state index is -0.208. The van der Waals surface area contributed by atoms with Crippen LogP contribution in [-0.4, -0.2) is 27.4 Å². The number of hydrogen-bond donors (Lipinski definition) is 1. The molecule has 0 aliphatic carbocycles. The van der Waals surface area contributed by atoms with Crippen molar-refractivity contribution < 1.29 is 9.53 Å². The van der Waals surface area contributed by atoms with Crippen molar-refractivity contribution in [3.8, 4) is 5.75 Å². The van der Waals surface area contributed by atoms with Gasteiger partial charge in [-0.2, -0.15) is 5.10 Å². The Bertz CT molecular complexity index is 857. The highest BCUT2D eigenvalue weighted by Gasteiger charge is 2.33. The summed E-state index contributed by atoms with van der Waals surface area (Å²) in [4.78, 5) is 14.4. The Morgan fingerprint density at radius 3 is 2.76 bits per heavy atom. The van der Waals surface area contributed by atoms with Gasteiger partial charge in [0, 0.05) is 17.8 Å². The molecule has 1 aliphatic rings. The molecule has 130 valence electrons. The fourth-order valence-corrected chi connectivity index (χ4v) is 3.04. The number of carbonyl (C=O) groups is 1. The molecule has 1 amide bonds. The average molecular weight is 356 g/mol. The van der Waals surface area contributed by atoms with E-state index in [-0.39, 0.29) is 5.91 Å². The number of aryl methyl sites for hydroxylation is 1. The smallest absolute Gasteiger partial charge is 0.281 e. The van der Waals surface area contributed by atoms with Crippen molar-refractivity contribution >= 4 is 35.0 Å². The Morgan fingerprint density at radius 2 is 2.08 bits per heavy atom. The van der Waals surface area contributed by atoms with E-state index in [9.17, 15) is 4.79 Å². The third-order valence-electron chi connectivity index (χ3n) is 4.02. The van der Waals surface area contributed by atoms with Gasteiger partial charge in [-0.3, -0.25) is 9.48 Å². The van der Waals surface area contributed by atoms with Crippen LogP contribution in [0.15, 0.2) is 36.2 Å². The molecule has 2 heterocycles. The van der Waals surface area contributed by atoms with Crippen LogP contribution in [0.25, 0.3) is 6.08 Å². The molecule has 7 heteroatoms. The number of benzene rings is 1. The minimum Gasteiger partial charge on any atom is -0.492 e. The first-order valence-electron chi connectivity index (χ1n) is 8.18. The molecule has 0 saturated carbocycles. The molecular weight excluding hydrogens is 336 g/mol. The second-order valence-corrected chi connectivity index (χ2v) is 5.92. The maximum absolute atomic E-state index is 12.9. The Balaban J connectivity index is 1.95. The lowest BCUT2D eigenvalue weighted by atomic mass is 10.2. The van der Waals surface area contributed by atoms with E-state index >= 15 is 0 Å². The standard InChI is InChI=1S/C18H20N4O2S/c1-4-21-12(3)13(11-19-21)10-14-17(23)22(18(25)20-14)15-8-6-7-9-16(15)24-5-2/h6-11H,4-5H2,1-3H3,(H,20,25)/b14-10+. The third kappa shape index (κ3) is 3.15. The zero-order valence-corrected chi connectivity index (χ0v) is 15.3. The van der Waals surface area contributed by atoms with Gasteiger partial charge in [-0.25, -0.2) is 4.90 Å². The van der Waals surface area contributed by atoms with Crippen LogP contribution < -0.4 is 15.0 Å². The van der Waals surface area contributed by atoms with Crippen molar-refractivity contribution in [2.45, 2.75) is 27.3 Å². The molecule has 1 aliphatic heterocycles. The summed E-state index contributed by atoms with van der Waals surface area (Å²) in [5, 5.41) is 7.64. The van der Waals surface area contributed by atoms with Crippen LogP contribution in [-0.2, 0) is 11.3 Å². The number of hydrogen-bond acceptors (Lipinski definition) is 4. The lowest BCUT2D eigenvalue weighted by Crippen LogP contribution is -2.30. The van der Waals surface area contributed by atoms with Gasteiger partial charge in [0.1, 0.15) is 11.4 Å². The molecule has 1 aromatic heterocycles. The monoisotopic (exact) mass is 356 g/mol. The number of para-hydroxylation sites is 2. The summed E-state index contributed by atoms with van der Waals surface area (Å²) in [6.07, 6.45) is 3.53. The Morgan fingerprint density at radius 1 is 1.32 bits per heavy atom. The molecule has 0 radical (unpaired) electrons. The summed E-state index contributed by atoms with van der Waals surface area (Å²) in [6, 6.07) is 7.36. The number of thiocarbonyl (C=S) groups is 1. The highest BCUT2D eigenvalue weighted by molar-refractivity contribution is 7.80. The number of anilines is 1. The maximum atomic E-state index is 12.9. The van der Waals surface area contributed by atoms with Gasteiger partial charge in [0.15, 0.2) is 5.11 Å². The van der Waals surface area contributed by atoms with Crippen molar-refractivity contribution in [3.63, 3.8) is 0 Å². The number of amides is 1. The van der Waals surface area contributed by atoms with Crippen LogP contribution in [0.1, 0.15) is 25.1 Å². The summed E-state index contributed by atoms with van der Waals surface area (Å²) in [5.74, 6) is 0.416. The molecule has 0 bridgehead atoms. The van der Waals surface area contributed by atoms with Gasteiger partial charge in [-0.05, 0) is 51.2 Å². The van der Waals surface area contributed by atoms with Gasteiger partial charge in [0.2, 0.25) is 0 Å². The Kier molecular flexibility index (Phi) is 4.85. The Labute approximate surface area is 152 Å². The molecule has 0 unspecified atom stereocenters. The molecule has 1 N–H and O–H groups in total. The van der Waals surface area contributed by atoms with Gasteiger partial charge in [0.05, 0.1) is 18.5 Å². The maximum Gasteiger partial charge on any atom is 0.281 e. The van der Waals surface area contributed by atoms with Crippen LogP contribution in [0.4, 0.5) is 5.69 Å². The average Bonchev–Trinajstić information content (AvgIpc) is 3.09. The molecule has 1 aromatic carbocycles. The summed E-state index contributed by atoms with van der Waals surface area (Å²) in [6.45, 7) is 7.19. The number of carbonyl (C=O) groups excluding carboxylic acids is 1. The van der Waals surface area contributed by atoms with E-state index < -0.39 is 0 Å². The second-order valence-electron chi connectivity index (χ2n) is 5.53. The molecule has 0 atom stereocenters. The number of nitrogens with one attached hydrogen (secondary N) is 1. The van der Waals surface area contributed by atoms with E-state index in [0.717, 1.165) is 17.8 Å².